The molecule has 0 spiro atoms. The van der Waals surface area contributed by atoms with Gasteiger partial charge in [0.1, 0.15) is 5.82 Å². The van der Waals surface area contributed by atoms with E-state index in [9.17, 15) is 20.0 Å². The Morgan fingerprint density at radius 2 is 2.24 bits per heavy atom. The van der Waals surface area contributed by atoms with E-state index in [0.717, 1.165) is 18.6 Å². The van der Waals surface area contributed by atoms with Crippen LogP contribution in [0.2, 0.25) is 5.02 Å². The van der Waals surface area contributed by atoms with E-state index in [-0.39, 0.29) is 22.0 Å². The SMILES string of the molecule is CCCc1nccn1-c1c(Cl)cc([N+](=O)[O-])cc1C(=O)O. The minimum absolute atomic E-state index is 0.00282. The molecule has 0 radical (unpaired) electrons. The summed E-state index contributed by atoms with van der Waals surface area (Å²) in [5, 5.41) is 20.1. The van der Waals surface area contributed by atoms with E-state index < -0.39 is 10.9 Å². The predicted octanol–water partition coefficient (Wildman–Crippen LogP) is 3.08. The number of carboxylic acid groups (broad SMARTS) is 1. The number of aromatic nitrogens is 2. The number of nitro groups is 1. The van der Waals surface area contributed by atoms with E-state index in [2.05, 4.69) is 4.98 Å². The molecule has 0 amide bonds. The van der Waals surface area contributed by atoms with Gasteiger partial charge in [-0.2, -0.15) is 0 Å². The lowest BCUT2D eigenvalue weighted by Gasteiger charge is -2.12. The van der Waals surface area contributed by atoms with Crippen LogP contribution in [0, 0.1) is 10.1 Å². The van der Waals surface area contributed by atoms with E-state index in [1.165, 1.54) is 6.20 Å². The highest BCUT2D eigenvalue weighted by molar-refractivity contribution is 6.33. The van der Waals surface area contributed by atoms with Gasteiger partial charge in [0.2, 0.25) is 0 Å². The minimum Gasteiger partial charge on any atom is -0.478 e. The molecule has 0 aliphatic carbocycles. The number of nitrogens with zero attached hydrogens (tertiary/aromatic N) is 3. The lowest BCUT2D eigenvalue weighted by molar-refractivity contribution is -0.384. The van der Waals surface area contributed by atoms with Crippen molar-refractivity contribution < 1.29 is 14.8 Å². The highest BCUT2D eigenvalue weighted by Gasteiger charge is 2.22. The lowest BCUT2D eigenvalue weighted by Crippen LogP contribution is -2.09. The van der Waals surface area contributed by atoms with Crippen molar-refractivity contribution in [3.63, 3.8) is 0 Å². The number of non-ortho nitro benzene ring substituents is 1. The number of carbonyl (C=O) groups is 1. The molecule has 2 aromatic rings. The molecule has 0 bridgehead atoms. The summed E-state index contributed by atoms with van der Waals surface area (Å²) >= 11 is 6.07. The Morgan fingerprint density at radius 3 is 2.81 bits per heavy atom. The number of benzene rings is 1. The summed E-state index contributed by atoms with van der Waals surface area (Å²) < 4.78 is 1.55. The molecule has 0 saturated carbocycles. The van der Waals surface area contributed by atoms with Gasteiger partial charge in [-0.25, -0.2) is 9.78 Å². The van der Waals surface area contributed by atoms with Crippen LogP contribution in [0.15, 0.2) is 24.5 Å². The Bertz CT molecular complexity index is 711. The second kappa shape index (κ2) is 5.92. The Morgan fingerprint density at radius 1 is 1.52 bits per heavy atom. The first-order valence-corrected chi connectivity index (χ1v) is 6.57. The molecular weight excluding hydrogens is 298 g/mol. The van der Waals surface area contributed by atoms with Crippen molar-refractivity contribution in [1.82, 2.24) is 9.55 Å². The summed E-state index contributed by atoms with van der Waals surface area (Å²) in [7, 11) is 0. The zero-order valence-corrected chi connectivity index (χ0v) is 11.9. The van der Waals surface area contributed by atoms with Crippen molar-refractivity contribution in [2.45, 2.75) is 19.8 Å². The smallest absolute Gasteiger partial charge is 0.338 e. The number of imidazole rings is 1. The first kappa shape index (κ1) is 15.0. The zero-order chi connectivity index (χ0) is 15.6. The van der Waals surface area contributed by atoms with E-state index in [1.54, 1.807) is 10.8 Å². The lowest BCUT2D eigenvalue weighted by atomic mass is 10.1. The van der Waals surface area contributed by atoms with E-state index in [0.29, 0.717) is 12.2 Å². The van der Waals surface area contributed by atoms with Gasteiger partial charge >= 0.3 is 5.97 Å². The largest absolute Gasteiger partial charge is 0.478 e. The Balaban J connectivity index is 2.70. The fourth-order valence-electron chi connectivity index (χ4n) is 2.04. The van der Waals surface area contributed by atoms with Gasteiger partial charge in [-0.15, -0.1) is 0 Å². The number of rotatable bonds is 5. The maximum atomic E-state index is 11.4. The van der Waals surface area contributed by atoms with Gasteiger partial charge in [0.15, 0.2) is 0 Å². The first-order valence-electron chi connectivity index (χ1n) is 6.19. The number of carboxylic acids is 1. The van der Waals surface area contributed by atoms with Crippen molar-refractivity contribution in [2.75, 3.05) is 0 Å². The quantitative estimate of drug-likeness (QED) is 0.676. The van der Waals surface area contributed by atoms with Crippen molar-refractivity contribution in [2.24, 2.45) is 0 Å². The molecule has 0 aliphatic heterocycles. The van der Waals surface area contributed by atoms with Gasteiger partial charge in [-0.05, 0) is 6.42 Å². The molecule has 0 atom stereocenters. The van der Waals surface area contributed by atoms with Crippen LogP contribution in [0.5, 0.6) is 0 Å². The molecule has 1 aromatic carbocycles. The van der Waals surface area contributed by atoms with E-state index in [4.69, 9.17) is 11.6 Å². The third-order valence-electron chi connectivity index (χ3n) is 2.92. The van der Waals surface area contributed by atoms with Crippen molar-refractivity contribution in [3.05, 3.63) is 51.1 Å². The molecule has 7 nitrogen and oxygen atoms in total. The summed E-state index contributed by atoms with van der Waals surface area (Å²) in [4.78, 5) is 25.7. The van der Waals surface area contributed by atoms with E-state index in [1.807, 2.05) is 6.92 Å². The Hall–Kier alpha value is -2.41. The molecule has 1 aromatic heterocycles. The van der Waals surface area contributed by atoms with Crippen LogP contribution in [-0.4, -0.2) is 25.6 Å². The Kier molecular flexibility index (Phi) is 4.23. The third kappa shape index (κ3) is 2.87. The van der Waals surface area contributed by atoms with Crippen LogP contribution in [-0.2, 0) is 6.42 Å². The highest BCUT2D eigenvalue weighted by atomic mass is 35.5. The van der Waals surface area contributed by atoms with Crippen molar-refractivity contribution >= 4 is 23.3 Å². The van der Waals surface area contributed by atoms with Crippen LogP contribution in [0.3, 0.4) is 0 Å². The third-order valence-corrected chi connectivity index (χ3v) is 3.21. The summed E-state index contributed by atoms with van der Waals surface area (Å²) in [6, 6.07) is 2.14. The van der Waals surface area contributed by atoms with Crippen LogP contribution in [0.4, 0.5) is 5.69 Å². The number of aryl methyl sites for hydroxylation is 1. The second-order valence-corrected chi connectivity index (χ2v) is 4.76. The number of hydrogen-bond donors (Lipinski definition) is 1. The molecule has 8 heteroatoms. The molecule has 1 heterocycles. The molecule has 21 heavy (non-hydrogen) atoms. The highest BCUT2D eigenvalue weighted by Crippen LogP contribution is 2.31. The van der Waals surface area contributed by atoms with Gasteiger partial charge in [-0.1, -0.05) is 18.5 Å². The first-order chi connectivity index (χ1) is 9.95. The van der Waals surface area contributed by atoms with E-state index >= 15 is 0 Å². The molecule has 0 unspecified atom stereocenters. The number of halogens is 1. The monoisotopic (exact) mass is 309 g/mol. The maximum absolute atomic E-state index is 11.4. The summed E-state index contributed by atoms with van der Waals surface area (Å²) in [5.74, 6) is -0.637. The van der Waals surface area contributed by atoms with Gasteiger partial charge < -0.3 is 9.67 Å². The van der Waals surface area contributed by atoms with Crippen LogP contribution >= 0.6 is 11.6 Å². The molecule has 2 rings (SSSR count). The molecule has 110 valence electrons. The fourth-order valence-corrected chi connectivity index (χ4v) is 2.35. The van der Waals surface area contributed by atoms with Gasteiger partial charge in [0.25, 0.3) is 5.69 Å². The second-order valence-electron chi connectivity index (χ2n) is 4.35. The molecule has 1 N–H and O–H groups in total. The van der Waals surface area contributed by atoms with Crippen molar-refractivity contribution in [3.8, 4) is 5.69 Å². The molecular formula is C13H12ClN3O4. The normalized spacial score (nSPS) is 10.6. The Labute approximate surface area is 124 Å². The standard InChI is InChI=1S/C13H12ClN3O4/c1-2-3-11-15-4-5-16(11)12-9(13(18)19)6-8(17(20)21)7-10(12)14/h4-7H,2-3H2,1H3,(H,18,19). The minimum atomic E-state index is -1.29. The van der Waals surface area contributed by atoms with Crippen molar-refractivity contribution in [1.29, 1.82) is 0 Å². The van der Waals surface area contributed by atoms with Gasteiger partial charge in [-0.3, -0.25) is 10.1 Å². The zero-order valence-electron chi connectivity index (χ0n) is 11.1. The topological polar surface area (TPSA) is 98.3 Å². The van der Waals surface area contributed by atoms with Crippen LogP contribution in [0.1, 0.15) is 29.5 Å². The molecule has 0 fully saturated rings. The predicted molar refractivity (Wildman–Crippen MR) is 76.2 cm³/mol. The number of aromatic carboxylic acids is 1. The van der Waals surface area contributed by atoms with Crippen LogP contribution in [0.25, 0.3) is 5.69 Å². The number of nitro benzene ring substituents is 1. The molecule has 0 saturated heterocycles. The van der Waals surface area contributed by atoms with Crippen LogP contribution < -0.4 is 0 Å². The number of hydrogen-bond acceptors (Lipinski definition) is 4. The summed E-state index contributed by atoms with van der Waals surface area (Å²) in [5.41, 5.74) is -0.404. The van der Waals surface area contributed by atoms with Gasteiger partial charge in [0, 0.05) is 30.9 Å². The average Bonchev–Trinajstić information content (AvgIpc) is 2.86. The molecule has 0 aliphatic rings. The summed E-state index contributed by atoms with van der Waals surface area (Å²) in [6.07, 6.45) is 4.59. The average molecular weight is 310 g/mol. The summed E-state index contributed by atoms with van der Waals surface area (Å²) in [6.45, 7) is 1.97. The fraction of sp³-hybridized carbons (Fsp3) is 0.231. The van der Waals surface area contributed by atoms with Gasteiger partial charge in [0.05, 0.1) is 21.2 Å². The maximum Gasteiger partial charge on any atom is 0.338 e.